The molecule has 0 saturated heterocycles. The largest absolute Gasteiger partial charge is 0.379 e. The van der Waals surface area contributed by atoms with E-state index in [1.165, 1.54) is 12.1 Å². The van der Waals surface area contributed by atoms with Gasteiger partial charge in [0, 0.05) is 18.1 Å². The van der Waals surface area contributed by atoms with Crippen molar-refractivity contribution in [3.05, 3.63) is 53.8 Å². The van der Waals surface area contributed by atoms with Crippen LogP contribution in [0.5, 0.6) is 5.75 Å². The lowest BCUT2D eigenvalue weighted by molar-refractivity contribution is 0.486. The van der Waals surface area contributed by atoms with Gasteiger partial charge in [-0.1, -0.05) is 17.7 Å². The predicted molar refractivity (Wildman–Crippen MR) is 80.0 cm³/mol. The fourth-order valence-electron chi connectivity index (χ4n) is 1.97. The molecule has 0 spiro atoms. The number of rotatable bonds is 3. The van der Waals surface area contributed by atoms with Gasteiger partial charge in [-0.2, -0.15) is 8.42 Å². The standard InChI is InChI=1S/C14H11ClN2O3S/c1-17-9-16-13-8-11(5-6-14(13)17)20-21(18,19)12-4-2-3-10(15)7-12/h2-9H,1H3. The predicted octanol–water partition coefficient (Wildman–Crippen LogP) is 2.99. The Kier molecular flexibility index (Phi) is 3.35. The highest BCUT2D eigenvalue weighted by Crippen LogP contribution is 2.24. The van der Waals surface area contributed by atoms with Crippen molar-refractivity contribution < 1.29 is 12.6 Å². The number of nitrogens with zero attached hydrogens (tertiary/aromatic N) is 2. The second-order valence-corrected chi connectivity index (χ2v) is 6.48. The molecule has 7 heteroatoms. The van der Waals surface area contributed by atoms with Gasteiger partial charge in [0.1, 0.15) is 10.6 Å². The molecule has 0 fully saturated rings. The van der Waals surface area contributed by atoms with E-state index in [-0.39, 0.29) is 10.6 Å². The van der Waals surface area contributed by atoms with Gasteiger partial charge in [0.05, 0.1) is 17.4 Å². The molecule has 0 atom stereocenters. The van der Waals surface area contributed by atoms with Gasteiger partial charge >= 0.3 is 10.1 Å². The topological polar surface area (TPSA) is 61.2 Å². The van der Waals surface area contributed by atoms with Crippen molar-refractivity contribution in [3.63, 3.8) is 0 Å². The van der Waals surface area contributed by atoms with E-state index >= 15 is 0 Å². The fourth-order valence-corrected chi connectivity index (χ4v) is 3.19. The molecule has 0 N–H and O–H groups in total. The Hall–Kier alpha value is -2.05. The second kappa shape index (κ2) is 5.05. The van der Waals surface area contributed by atoms with Crippen LogP contribution in [0.4, 0.5) is 0 Å². The zero-order valence-corrected chi connectivity index (χ0v) is 12.6. The summed E-state index contributed by atoms with van der Waals surface area (Å²) in [5.74, 6) is 0.209. The van der Waals surface area contributed by atoms with Crippen LogP contribution in [0.2, 0.25) is 5.02 Å². The number of halogens is 1. The summed E-state index contributed by atoms with van der Waals surface area (Å²) in [4.78, 5) is 4.17. The van der Waals surface area contributed by atoms with Crippen LogP contribution in [0.1, 0.15) is 0 Å². The molecule has 21 heavy (non-hydrogen) atoms. The Morgan fingerprint density at radius 1 is 1.19 bits per heavy atom. The molecule has 0 saturated carbocycles. The summed E-state index contributed by atoms with van der Waals surface area (Å²) in [6.07, 6.45) is 1.65. The number of hydrogen-bond donors (Lipinski definition) is 0. The lowest BCUT2D eigenvalue weighted by Gasteiger charge is -2.07. The van der Waals surface area contributed by atoms with Crippen LogP contribution in [0.3, 0.4) is 0 Å². The smallest absolute Gasteiger partial charge is 0.339 e. The second-order valence-electron chi connectivity index (χ2n) is 4.50. The zero-order valence-electron chi connectivity index (χ0n) is 11.0. The summed E-state index contributed by atoms with van der Waals surface area (Å²) >= 11 is 5.80. The first-order chi connectivity index (χ1) is 9.95. The van der Waals surface area contributed by atoms with E-state index in [0.29, 0.717) is 10.5 Å². The molecule has 0 unspecified atom stereocenters. The first-order valence-electron chi connectivity index (χ1n) is 6.07. The van der Waals surface area contributed by atoms with Crippen LogP contribution in [0.15, 0.2) is 53.7 Å². The summed E-state index contributed by atoms with van der Waals surface area (Å²) in [5.41, 5.74) is 1.55. The van der Waals surface area contributed by atoms with Gasteiger partial charge in [0.15, 0.2) is 0 Å². The summed E-state index contributed by atoms with van der Waals surface area (Å²) < 4.78 is 31.3. The van der Waals surface area contributed by atoms with Crippen molar-refractivity contribution in [2.75, 3.05) is 0 Å². The minimum Gasteiger partial charge on any atom is -0.379 e. The van der Waals surface area contributed by atoms with Crippen LogP contribution in [0, 0.1) is 0 Å². The van der Waals surface area contributed by atoms with Crippen molar-refractivity contribution in [2.45, 2.75) is 4.90 Å². The van der Waals surface area contributed by atoms with Gasteiger partial charge in [-0.15, -0.1) is 0 Å². The van der Waals surface area contributed by atoms with E-state index in [4.69, 9.17) is 15.8 Å². The van der Waals surface area contributed by atoms with Crippen LogP contribution in [0.25, 0.3) is 11.0 Å². The highest BCUT2D eigenvalue weighted by atomic mass is 35.5. The van der Waals surface area contributed by atoms with Crippen molar-refractivity contribution in [2.24, 2.45) is 7.05 Å². The summed E-state index contributed by atoms with van der Waals surface area (Å²) in [5, 5.41) is 0.333. The van der Waals surface area contributed by atoms with Gasteiger partial charge < -0.3 is 8.75 Å². The van der Waals surface area contributed by atoms with E-state index < -0.39 is 10.1 Å². The first-order valence-corrected chi connectivity index (χ1v) is 7.85. The third-order valence-corrected chi connectivity index (χ3v) is 4.47. The molecule has 3 rings (SSSR count). The molecule has 0 amide bonds. The number of aryl methyl sites for hydroxylation is 1. The molecule has 0 bridgehead atoms. The van der Waals surface area contributed by atoms with Gasteiger partial charge in [-0.3, -0.25) is 0 Å². The molecule has 1 heterocycles. The molecule has 2 aromatic carbocycles. The number of imidazole rings is 1. The quantitative estimate of drug-likeness (QED) is 0.695. The third kappa shape index (κ3) is 2.72. The molecule has 1 aromatic heterocycles. The average Bonchev–Trinajstić information content (AvgIpc) is 2.79. The molecule has 108 valence electrons. The fraction of sp³-hybridized carbons (Fsp3) is 0.0714. The maximum atomic E-state index is 12.2. The van der Waals surface area contributed by atoms with Crippen LogP contribution in [-0.4, -0.2) is 18.0 Å². The van der Waals surface area contributed by atoms with Crippen LogP contribution < -0.4 is 4.18 Å². The van der Waals surface area contributed by atoms with E-state index in [9.17, 15) is 8.42 Å². The van der Waals surface area contributed by atoms with E-state index in [0.717, 1.165) is 5.52 Å². The summed E-state index contributed by atoms with van der Waals surface area (Å²) in [6.45, 7) is 0. The van der Waals surface area contributed by atoms with E-state index in [1.54, 1.807) is 36.7 Å². The Labute approximate surface area is 126 Å². The molecule has 3 aromatic rings. The number of hydrogen-bond acceptors (Lipinski definition) is 4. The Morgan fingerprint density at radius 2 is 2.00 bits per heavy atom. The van der Waals surface area contributed by atoms with Gasteiger partial charge in [0.2, 0.25) is 0 Å². The monoisotopic (exact) mass is 322 g/mol. The summed E-state index contributed by atoms with van der Waals surface area (Å²) in [7, 11) is -2.06. The van der Waals surface area contributed by atoms with Crippen molar-refractivity contribution in [3.8, 4) is 5.75 Å². The number of aromatic nitrogens is 2. The Bertz CT molecular complexity index is 919. The van der Waals surface area contributed by atoms with Crippen LogP contribution >= 0.6 is 11.6 Å². The van der Waals surface area contributed by atoms with Gasteiger partial charge in [-0.05, 0) is 30.3 Å². The molecule has 0 aliphatic carbocycles. The Morgan fingerprint density at radius 3 is 2.76 bits per heavy atom. The maximum absolute atomic E-state index is 12.2. The normalized spacial score (nSPS) is 11.7. The molecule has 5 nitrogen and oxygen atoms in total. The van der Waals surface area contributed by atoms with Gasteiger partial charge in [-0.25, -0.2) is 4.98 Å². The minimum absolute atomic E-state index is 0.0103. The first kappa shape index (κ1) is 13.9. The zero-order chi connectivity index (χ0) is 15.0. The van der Waals surface area contributed by atoms with E-state index in [1.807, 2.05) is 11.6 Å². The van der Waals surface area contributed by atoms with Crippen molar-refractivity contribution in [1.82, 2.24) is 9.55 Å². The lowest BCUT2D eigenvalue weighted by Crippen LogP contribution is -2.09. The highest BCUT2D eigenvalue weighted by Gasteiger charge is 2.17. The van der Waals surface area contributed by atoms with Crippen molar-refractivity contribution >= 4 is 32.8 Å². The van der Waals surface area contributed by atoms with Gasteiger partial charge in [0.25, 0.3) is 0 Å². The van der Waals surface area contributed by atoms with Crippen molar-refractivity contribution in [1.29, 1.82) is 0 Å². The molecular formula is C14H11ClN2O3S. The molecule has 0 radical (unpaired) electrons. The molecule has 0 aliphatic rings. The summed E-state index contributed by atoms with van der Waals surface area (Å²) in [6, 6.07) is 10.9. The third-order valence-electron chi connectivity index (χ3n) is 2.99. The van der Waals surface area contributed by atoms with E-state index in [2.05, 4.69) is 4.98 Å². The minimum atomic E-state index is -3.92. The van der Waals surface area contributed by atoms with Crippen LogP contribution in [-0.2, 0) is 17.2 Å². The Balaban J connectivity index is 1.97. The maximum Gasteiger partial charge on any atom is 0.339 e. The molecular weight excluding hydrogens is 312 g/mol. The number of benzene rings is 2. The molecule has 0 aliphatic heterocycles. The average molecular weight is 323 g/mol. The SMILES string of the molecule is Cn1cnc2cc(OS(=O)(=O)c3cccc(Cl)c3)ccc21. The number of fused-ring (bicyclic) bond motifs is 1. The lowest BCUT2D eigenvalue weighted by atomic mass is 10.3. The highest BCUT2D eigenvalue weighted by molar-refractivity contribution is 7.87.